The van der Waals surface area contributed by atoms with Gasteiger partial charge in [-0.3, -0.25) is 14.9 Å². The average Bonchev–Trinajstić information content (AvgIpc) is 2.75. The fraction of sp³-hybridized carbons (Fsp3) is 0.304. The maximum Gasteiger partial charge on any atom is 0.146 e. The molecule has 1 fully saturated rings. The largest absolute Gasteiger partial charge is 0.382 e. The molecular weight excluding hydrogens is 367 g/mol. The molecule has 1 unspecified atom stereocenters. The molecule has 5 nitrogen and oxygen atoms in total. The van der Waals surface area contributed by atoms with Crippen molar-refractivity contribution in [1.29, 1.82) is 0 Å². The molecule has 2 aromatic heterocycles. The zero-order chi connectivity index (χ0) is 20.2. The van der Waals surface area contributed by atoms with Gasteiger partial charge in [-0.25, -0.2) is 4.39 Å². The van der Waals surface area contributed by atoms with Crippen LogP contribution in [0, 0.1) is 12.7 Å². The topological polar surface area (TPSA) is 52.5 Å². The maximum atomic E-state index is 14.9. The third kappa shape index (κ3) is 4.28. The first-order chi connectivity index (χ1) is 14.1. The van der Waals surface area contributed by atoms with Gasteiger partial charge >= 0.3 is 0 Å². The average molecular weight is 392 g/mol. The molecule has 150 valence electrons. The van der Waals surface area contributed by atoms with Gasteiger partial charge in [0.2, 0.25) is 0 Å². The lowest BCUT2D eigenvalue weighted by atomic mass is 9.99. The number of para-hydroxylation sites is 1. The number of aryl methyl sites for hydroxylation is 1. The summed E-state index contributed by atoms with van der Waals surface area (Å²) in [5.41, 5.74) is 3.72. The van der Waals surface area contributed by atoms with E-state index in [2.05, 4.69) is 14.9 Å². The molecule has 1 aromatic carbocycles. The van der Waals surface area contributed by atoms with Gasteiger partial charge in [0, 0.05) is 56.9 Å². The van der Waals surface area contributed by atoms with E-state index in [0.29, 0.717) is 30.0 Å². The highest BCUT2D eigenvalue weighted by molar-refractivity contribution is 5.58. The summed E-state index contributed by atoms with van der Waals surface area (Å²) in [6.07, 6.45) is 4.30. The summed E-state index contributed by atoms with van der Waals surface area (Å²) in [5.74, 6) is -0.308. The number of aliphatic hydroxyl groups excluding tert-OH is 1. The van der Waals surface area contributed by atoms with Gasteiger partial charge in [0.1, 0.15) is 11.9 Å². The zero-order valence-electron chi connectivity index (χ0n) is 16.5. The molecule has 1 aliphatic rings. The second-order valence-electron chi connectivity index (χ2n) is 7.40. The van der Waals surface area contributed by atoms with E-state index in [0.717, 1.165) is 25.2 Å². The number of hydrogen-bond donors (Lipinski definition) is 1. The van der Waals surface area contributed by atoms with Crippen LogP contribution in [0.2, 0.25) is 0 Å². The number of benzene rings is 1. The van der Waals surface area contributed by atoms with E-state index in [4.69, 9.17) is 0 Å². The number of halogens is 1. The highest BCUT2D eigenvalue weighted by Gasteiger charge is 2.26. The molecule has 0 bridgehead atoms. The lowest BCUT2D eigenvalue weighted by Crippen LogP contribution is -2.46. The minimum absolute atomic E-state index is 0.308. The van der Waals surface area contributed by atoms with Crippen molar-refractivity contribution in [3.05, 3.63) is 89.3 Å². The summed E-state index contributed by atoms with van der Waals surface area (Å²) in [6, 6.07) is 12.7. The molecule has 1 saturated heterocycles. The molecule has 0 amide bonds. The van der Waals surface area contributed by atoms with Crippen LogP contribution in [0.4, 0.5) is 10.1 Å². The summed E-state index contributed by atoms with van der Waals surface area (Å²) >= 11 is 0. The molecule has 29 heavy (non-hydrogen) atoms. The number of aliphatic hydroxyl groups is 1. The first kappa shape index (κ1) is 19.5. The molecule has 0 saturated carbocycles. The van der Waals surface area contributed by atoms with E-state index in [9.17, 15) is 9.50 Å². The predicted octanol–water partition coefficient (Wildman–Crippen LogP) is 3.33. The smallest absolute Gasteiger partial charge is 0.146 e. The third-order valence-electron chi connectivity index (χ3n) is 5.47. The molecule has 0 aliphatic carbocycles. The Labute approximate surface area is 170 Å². The van der Waals surface area contributed by atoms with E-state index in [-0.39, 0.29) is 5.82 Å². The van der Waals surface area contributed by atoms with Crippen LogP contribution in [0.3, 0.4) is 0 Å². The molecule has 0 spiro atoms. The van der Waals surface area contributed by atoms with Crippen molar-refractivity contribution >= 4 is 5.69 Å². The van der Waals surface area contributed by atoms with Crippen molar-refractivity contribution < 1.29 is 9.50 Å². The Hall–Kier alpha value is -2.83. The number of nitrogens with zero attached hydrogens (tertiary/aromatic N) is 4. The van der Waals surface area contributed by atoms with Crippen LogP contribution in [-0.2, 0) is 6.54 Å². The van der Waals surface area contributed by atoms with Crippen LogP contribution >= 0.6 is 0 Å². The first-order valence-electron chi connectivity index (χ1n) is 9.87. The summed E-state index contributed by atoms with van der Waals surface area (Å²) < 4.78 is 14.9. The molecule has 6 heteroatoms. The third-order valence-corrected chi connectivity index (χ3v) is 5.47. The van der Waals surface area contributed by atoms with Gasteiger partial charge in [-0.05, 0) is 42.3 Å². The molecule has 3 aromatic rings. The van der Waals surface area contributed by atoms with Gasteiger partial charge in [-0.2, -0.15) is 0 Å². The van der Waals surface area contributed by atoms with Crippen LogP contribution in [0.25, 0.3) is 0 Å². The fourth-order valence-corrected chi connectivity index (χ4v) is 3.89. The first-order valence-corrected chi connectivity index (χ1v) is 9.87. The van der Waals surface area contributed by atoms with Gasteiger partial charge in [0.15, 0.2) is 0 Å². The van der Waals surface area contributed by atoms with E-state index < -0.39 is 6.10 Å². The Morgan fingerprint density at radius 3 is 2.48 bits per heavy atom. The Morgan fingerprint density at radius 1 is 1.00 bits per heavy atom. The number of hydrogen-bond acceptors (Lipinski definition) is 5. The van der Waals surface area contributed by atoms with Crippen molar-refractivity contribution in [3.8, 4) is 0 Å². The number of pyridine rings is 2. The van der Waals surface area contributed by atoms with E-state index >= 15 is 0 Å². The normalized spacial score (nSPS) is 16.0. The lowest BCUT2D eigenvalue weighted by Gasteiger charge is -2.37. The van der Waals surface area contributed by atoms with E-state index in [1.165, 1.54) is 11.6 Å². The molecule has 1 aliphatic heterocycles. The molecule has 1 N–H and O–H groups in total. The molecule has 0 radical (unpaired) electrons. The van der Waals surface area contributed by atoms with Gasteiger partial charge in [-0.1, -0.05) is 18.2 Å². The van der Waals surface area contributed by atoms with Gasteiger partial charge < -0.3 is 10.0 Å². The SMILES string of the molecule is Cc1cccnc1C(O)c1cccc(F)c1N1CCN(Cc2ccncc2)CC1. The standard InChI is InChI=1S/C23H25FN4O/c1-17-4-3-9-26-21(17)23(29)19-5-2-6-20(24)22(19)28-14-12-27(13-15-28)16-18-7-10-25-11-8-18/h2-11,23,29H,12-16H2,1H3. The quantitative estimate of drug-likeness (QED) is 0.722. The highest BCUT2D eigenvalue weighted by atomic mass is 19.1. The highest BCUT2D eigenvalue weighted by Crippen LogP contribution is 2.34. The number of anilines is 1. The van der Waals surface area contributed by atoms with Crippen LogP contribution in [0.1, 0.15) is 28.5 Å². The van der Waals surface area contributed by atoms with Crippen molar-refractivity contribution in [2.45, 2.75) is 19.6 Å². The Balaban J connectivity index is 1.53. The molecule has 3 heterocycles. The second-order valence-corrected chi connectivity index (χ2v) is 7.40. The minimum atomic E-state index is -0.961. The second kappa shape index (κ2) is 8.68. The summed E-state index contributed by atoms with van der Waals surface area (Å²) in [7, 11) is 0. The summed E-state index contributed by atoms with van der Waals surface area (Å²) in [6.45, 7) is 5.82. The van der Waals surface area contributed by atoms with Crippen LogP contribution in [-0.4, -0.2) is 46.2 Å². The Morgan fingerprint density at radius 2 is 1.76 bits per heavy atom. The lowest BCUT2D eigenvalue weighted by molar-refractivity contribution is 0.213. The zero-order valence-corrected chi connectivity index (χ0v) is 16.5. The summed E-state index contributed by atoms with van der Waals surface area (Å²) in [4.78, 5) is 12.8. The Bertz CT molecular complexity index is 958. The maximum absolute atomic E-state index is 14.9. The molecule has 1 atom stereocenters. The monoisotopic (exact) mass is 392 g/mol. The molecular formula is C23H25FN4O. The number of piperazine rings is 1. The summed E-state index contributed by atoms with van der Waals surface area (Å²) in [5, 5.41) is 11.0. The minimum Gasteiger partial charge on any atom is -0.382 e. The number of rotatable bonds is 5. The van der Waals surface area contributed by atoms with E-state index in [1.807, 2.05) is 36.1 Å². The van der Waals surface area contributed by atoms with Crippen LogP contribution in [0.15, 0.2) is 61.1 Å². The van der Waals surface area contributed by atoms with Crippen molar-refractivity contribution in [2.24, 2.45) is 0 Å². The van der Waals surface area contributed by atoms with Crippen molar-refractivity contribution in [1.82, 2.24) is 14.9 Å². The van der Waals surface area contributed by atoms with E-state index in [1.54, 1.807) is 30.7 Å². The number of aromatic nitrogens is 2. The molecule has 4 rings (SSSR count). The van der Waals surface area contributed by atoms with Crippen molar-refractivity contribution in [3.63, 3.8) is 0 Å². The van der Waals surface area contributed by atoms with Gasteiger partial charge in [-0.15, -0.1) is 0 Å². The van der Waals surface area contributed by atoms with Crippen molar-refractivity contribution in [2.75, 3.05) is 31.1 Å². The van der Waals surface area contributed by atoms with Gasteiger partial charge in [0.05, 0.1) is 11.4 Å². The predicted molar refractivity (Wildman–Crippen MR) is 111 cm³/mol. The van der Waals surface area contributed by atoms with Crippen LogP contribution in [0.5, 0.6) is 0 Å². The van der Waals surface area contributed by atoms with Crippen LogP contribution < -0.4 is 4.90 Å². The van der Waals surface area contributed by atoms with Gasteiger partial charge in [0.25, 0.3) is 0 Å². The Kier molecular flexibility index (Phi) is 5.83. The fourth-order valence-electron chi connectivity index (χ4n) is 3.89.